The predicted octanol–water partition coefficient (Wildman–Crippen LogP) is 3.43. The molecular weight excluding hydrogens is 458 g/mol. The minimum atomic E-state index is -3.04. The molecule has 0 saturated heterocycles. The summed E-state index contributed by atoms with van der Waals surface area (Å²) in [6.07, 6.45) is 4.60. The van der Waals surface area contributed by atoms with E-state index in [4.69, 9.17) is 4.49 Å². The molecule has 0 aromatic rings. The molecule has 0 aliphatic rings. The van der Waals surface area contributed by atoms with E-state index in [0.29, 0.717) is 6.47 Å². The van der Waals surface area contributed by atoms with Crippen molar-refractivity contribution in [3.05, 3.63) is 0 Å². The summed E-state index contributed by atoms with van der Waals surface area (Å²) in [7, 11) is 0. The first-order valence-electron chi connectivity index (χ1n) is 7.33. The average Bonchev–Trinajstić information content (AvgIpc) is 2.30. The van der Waals surface area contributed by atoms with Crippen molar-refractivity contribution in [3.63, 3.8) is 0 Å². The molecule has 0 aliphatic heterocycles. The molecule has 1 radical (unpaired) electrons. The van der Waals surface area contributed by atoms with Crippen molar-refractivity contribution in [2.75, 3.05) is 0 Å². The minimum Gasteiger partial charge on any atom is -0.412 e. The normalized spacial score (nSPS) is 11.2. The molecule has 0 saturated carbocycles. The molecule has 6 heteroatoms. The van der Waals surface area contributed by atoms with Crippen LogP contribution in [0, 0.1) is 0 Å². The van der Waals surface area contributed by atoms with Crippen molar-refractivity contribution in [1.82, 2.24) is 0 Å². The second-order valence-electron chi connectivity index (χ2n) is 4.77. The molecule has 0 aromatic heterocycles. The Morgan fingerprint density at radius 1 is 0.947 bits per heavy atom. The second-order valence-corrected chi connectivity index (χ2v) is 23.9. The maximum Gasteiger partial charge on any atom is -0.412 e. The summed E-state index contributed by atoms with van der Waals surface area (Å²) in [5, 5.41) is 0. The van der Waals surface area contributed by atoms with Gasteiger partial charge >= 0.3 is 126 Å². The van der Waals surface area contributed by atoms with E-state index in [1.54, 1.807) is 0 Å². The zero-order valence-electron chi connectivity index (χ0n) is 13.0. The van der Waals surface area contributed by atoms with Crippen LogP contribution in [0.3, 0.4) is 0 Å². The molecule has 0 fully saturated rings. The molecule has 0 heterocycles. The van der Waals surface area contributed by atoms with Gasteiger partial charge in [0.1, 0.15) is 0 Å². The molecule has 115 valence electrons. The Kier molecular flexibility index (Phi) is 16.3. The first-order chi connectivity index (χ1) is 8.67. The molecule has 0 spiro atoms. The second kappa shape index (κ2) is 13.9. The van der Waals surface area contributed by atoms with Crippen molar-refractivity contribution in [1.29, 1.82) is 0 Å². The third-order valence-electron chi connectivity index (χ3n) is 2.91. The third-order valence-corrected chi connectivity index (χ3v) is 32.2. The van der Waals surface area contributed by atoms with Gasteiger partial charge in [-0.05, 0) is 0 Å². The molecule has 0 aromatic carbocycles. The summed E-state index contributed by atoms with van der Waals surface area (Å²) >= 11 is -4.78. The quantitative estimate of drug-likeness (QED) is 0.312. The Labute approximate surface area is 131 Å². The van der Waals surface area contributed by atoms with Crippen LogP contribution in [0.5, 0.6) is 0 Å². The average molecular weight is 489 g/mol. The fourth-order valence-electron chi connectivity index (χ4n) is 2.27. The van der Waals surface area contributed by atoms with E-state index < -0.39 is 39.4 Å². The maximum absolute atomic E-state index is 10.8. The standard InChI is InChI=1S/4C3H7.CH2O2.H2O.O.2Sn/c4*1-3-2;2-1-3;;;;/h4*1,3H2,2H3;1H,(H,2,3);1H2;;;/q;;;;;;;;+1/p-1. The van der Waals surface area contributed by atoms with Gasteiger partial charge in [0.2, 0.25) is 0 Å². The SMILES string of the molecule is CC[CH2][Sn]([CH2]CC)[O][Sn]([CH2]CC)([CH2]CC)[O]C=O.O. The Morgan fingerprint density at radius 3 is 1.74 bits per heavy atom. The van der Waals surface area contributed by atoms with Crippen LogP contribution in [0.1, 0.15) is 53.4 Å². The molecule has 0 rings (SSSR count). The van der Waals surface area contributed by atoms with Crippen LogP contribution in [0.15, 0.2) is 0 Å². The van der Waals surface area contributed by atoms with Crippen molar-refractivity contribution >= 4 is 45.9 Å². The summed E-state index contributed by atoms with van der Waals surface area (Å²) < 4.78 is 16.8. The van der Waals surface area contributed by atoms with Gasteiger partial charge in [-0.1, -0.05) is 0 Å². The van der Waals surface area contributed by atoms with Gasteiger partial charge in [0.25, 0.3) is 0 Å². The third kappa shape index (κ3) is 9.52. The summed E-state index contributed by atoms with van der Waals surface area (Å²) in [5.41, 5.74) is 0. The van der Waals surface area contributed by atoms with Crippen LogP contribution >= 0.6 is 0 Å². The van der Waals surface area contributed by atoms with Crippen LogP contribution < -0.4 is 0 Å². The van der Waals surface area contributed by atoms with Gasteiger partial charge in [-0.25, -0.2) is 0 Å². The number of carbonyl (C=O) groups is 1. The number of rotatable bonds is 12. The molecule has 0 aliphatic carbocycles. The Balaban J connectivity index is 0. The van der Waals surface area contributed by atoms with Gasteiger partial charge in [0.15, 0.2) is 0 Å². The number of hydrogen-bond acceptors (Lipinski definition) is 3. The monoisotopic (exact) mass is 491 g/mol. The van der Waals surface area contributed by atoms with Crippen LogP contribution in [0.2, 0.25) is 17.7 Å². The van der Waals surface area contributed by atoms with Crippen molar-refractivity contribution in [2.24, 2.45) is 0 Å². The molecular formula is C13H31O4Sn2. The van der Waals surface area contributed by atoms with Gasteiger partial charge in [0.05, 0.1) is 0 Å². The molecule has 0 unspecified atom stereocenters. The van der Waals surface area contributed by atoms with Crippen molar-refractivity contribution in [2.45, 2.75) is 71.1 Å². The summed E-state index contributed by atoms with van der Waals surface area (Å²) in [4.78, 5) is 10.8. The summed E-state index contributed by atoms with van der Waals surface area (Å²) in [6, 6.07) is 0. The van der Waals surface area contributed by atoms with E-state index in [9.17, 15) is 4.79 Å². The van der Waals surface area contributed by atoms with Crippen LogP contribution in [0.4, 0.5) is 0 Å². The van der Waals surface area contributed by atoms with E-state index in [0.717, 1.165) is 21.7 Å². The summed E-state index contributed by atoms with van der Waals surface area (Å²) in [5.74, 6) is 0. The number of carbonyl (C=O) groups excluding carboxylic acids is 1. The van der Waals surface area contributed by atoms with Crippen molar-refractivity contribution in [3.8, 4) is 0 Å². The van der Waals surface area contributed by atoms with Crippen LogP contribution in [-0.4, -0.2) is 51.3 Å². The van der Waals surface area contributed by atoms with Gasteiger partial charge in [0, 0.05) is 0 Å². The van der Waals surface area contributed by atoms with E-state index in [1.165, 1.54) is 21.7 Å². The molecule has 19 heavy (non-hydrogen) atoms. The first-order valence-corrected chi connectivity index (χ1v) is 18.9. The largest absolute Gasteiger partial charge is 0.412 e. The Bertz CT molecular complexity index is 203. The summed E-state index contributed by atoms with van der Waals surface area (Å²) in [6.45, 7) is 9.47. The maximum atomic E-state index is 10.8. The smallest absolute Gasteiger partial charge is 0.412 e. The van der Waals surface area contributed by atoms with E-state index in [2.05, 4.69) is 27.7 Å². The Morgan fingerprint density at radius 2 is 1.42 bits per heavy atom. The van der Waals surface area contributed by atoms with Crippen LogP contribution in [0.25, 0.3) is 0 Å². The Hall–Kier alpha value is 0.987. The molecule has 2 N–H and O–H groups in total. The molecule has 0 bridgehead atoms. The topological polar surface area (TPSA) is 67.0 Å². The van der Waals surface area contributed by atoms with Gasteiger partial charge in [-0.3, -0.25) is 0 Å². The number of hydrogen-bond donors (Lipinski definition) is 0. The zero-order chi connectivity index (χ0) is 13.9. The van der Waals surface area contributed by atoms with E-state index >= 15 is 0 Å². The first kappa shape index (κ1) is 22.3. The fraction of sp³-hybridized carbons (Fsp3) is 0.923. The van der Waals surface area contributed by atoms with Gasteiger partial charge in [-0.15, -0.1) is 0 Å². The fourth-order valence-corrected chi connectivity index (χ4v) is 34.0. The molecule has 0 amide bonds. The predicted molar refractivity (Wildman–Crippen MR) is 83.7 cm³/mol. The van der Waals surface area contributed by atoms with Crippen LogP contribution in [-0.2, 0) is 9.28 Å². The zero-order valence-corrected chi connectivity index (χ0v) is 18.7. The van der Waals surface area contributed by atoms with E-state index in [-0.39, 0.29) is 5.48 Å². The molecule has 0 atom stereocenters. The minimum absolute atomic E-state index is 0. The molecule has 4 nitrogen and oxygen atoms in total. The van der Waals surface area contributed by atoms with Crippen molar-refractivity contribution < 1.29 is 14.8 Å². The van der Waals surface area contributed by atoms with E-state index in [1.807, 2.05) is 0 Å². The van der Waals surface area contributed by atoms with Gasteiger partial charge in [-0.2, -0.15) is 0 Å². The van der Waals surface area contributed by atoms with Gasteiger partial charge < -0.3 is 5.48 Å².